The second kappa shape index (κ2) is 7.03. The summed E-state index contributed by atoms with van der Waals surface area (Å²) in [6.07, 6.45) is 6.84. The Morgan fingerprint density at radius 1 is 1.45 bits per heavy atom. The second-order valence-corrected chi connectivity index (χ2v) is 6.80. The van der Waals surface area contributed by atoms with Gasteiger partial charge in [0.25, 0.3) is 5.91 Å². The first-order valence-electron chi connectivity index (χ1n) is 7.71. The first-order valence-corrected chi connectivity index (χ1v) is 8.53. The molecule has 116 valence electrons. The summed E-state index contributed by atoms with van der Waals surface area (Å²) in [7, 11) is 1.87. The highest BCUT2D eigenvalue weighted by Crippen LogP contribution is 2.29. The quantitative estimate of drug-likeness (QED) is 0.923. The number of aromatic nitrogens is 1. The molecule has 2 aromatic heterocycles. The van der Waals surface area contributed by atoms with Gasteiger partial charge in [0.15, 0.2) is 0 Å². The fraction of sp³-hybridized carbons (Fsp3) is 0.412. The monoisotopic (exact) mass is 315 g/mol. The maximum Gasteiger partial charge on any atom is 0.263 e. The van der Waals surface area contributed by atoms with Crippen molar-refractivity contribution < 1.29 is 4.79 Å². The Bertz CT molecular complexity index is 620. The third-order valence-electron chi connectivity index (χ3n) is 4.05. The van der Waals surface area contributed by atoms with Crippen LogP contribution in [0.4, 0.5) is 0 Å². The molecule has 1 atom stereocenters. The Labute approximate surface area is 135 Å². The Morgan fingerprint density at radius 2 is 2.36 bits per heavy atom. The van der Waals surface area contributed by atoms with Crippen LogP contribution in [0.15, 0.2) is 36.7 Å². The van der Waals surface area contributed by atoms with Crippen molar-refractivity contribution in [3.8, 4) is 0 Å². The molecule has 1 aliphatic rings. The van der Waals surface area contributed by atoms with Gasteiger partial charge in [0.1, 0.15) is 0 Å². The number of rotatable bonds is 5. The zero-order valence-electron chi connectivity index (χ0n) is 12.8. The van der Waals surface area contributed by atoms with Gasteiger partial charge in [-0.1, -0.05) is 6.07 Å². The van der Waals surface area contributed by atoms with Crippen LogP contribution in [0.1, 0.15) is 39.0 Å². The lowest BCUT2D eigenvalue weighted by atomic mass is 10.2. The lowest BCUT2D eigenvalue weighted by Gasteiger charge is -2.16. The van der Waals surface area contributed by atoms with Crippen molar-refractivity contribution in [1.82, 2.24) is 15.2 Å². The van der Waals surface area contributed by atoms with Crippen molar-refractivity contribution in [2.45, 2.75) is 25.3 Å². The fourth-order valence-corrected chi connectivity index (χ4v) is 3.83. The van der Waals surface area contributed by atoms with Gasteiger partial charge in [-0.05, 0) is 49.6 Å². The zero-order chi connectivity index (χ0) is 15.4. The minimum Gasteiger partial charge on any atom is -0.341 e. The van der Waals surface area contributed by atoms with Gasteiger partial charge in [-0.25, -0.2) is 0 Å². The smallest absolute Gasteiger partial charge is 0.263 e. The zero-order valence-corrected chi connectivity index (χ0v) is 13.6. The first-order chi connectivity index (χ1) is 10.7. The van der Waals surface area contributed by atoms with Crippen molar-refractivity contribution in [1.29, 1.82) is 0 Å². The summed E-state index contributed by atoms with van der Waals surface area (Å²) in [6, 6.07) is 8.46. The number of pyridine rings is 1. The number of likely N-dealkylation sites (N-methyl/N-ethyl adjacent to an activating group) is 1. The van der Waals surface area contributed by atoms with Gasteiger partial charge in [-0.15, -0.1) is 11.3 Å². The molecule has 0 radical (unpaired) electrons. The van der Waals surface area contributed by atoms with E-state index >= 15 is 0 Å². The number of amides is 1. The molecule has 4 nitrogen and oxygen atoms in total. The van der Waals surface area contributed by atoms with E-state index in [1.807, 2.05) is 31.4 Å². The first kappa shape index (κ1) is 15.2. The molecule has 2 aromatic rings. The molecule has 3 rings (SSSR count). The molecule has 0 saturated carbocycles. The van der Waals surface area contributed by atoms with Crippen LogP contribution in [-0.4, -0.2) is 35.9 Å². The summed E-state index contributed by atoms with van der Waals surface area (Å²) >= 11 is 1.62. The van der Waals surface area contributed by atoms with Crippen LogP contribution in [0.2, 0.25) is 0 Å². The van der Waals surface area contributed by atoms with E-state index in [0.29, 0.717) is 12.6 Å². The predicted octanol–water partition coefficient (Wildman–Crippen LogP) is 2.88. The molecule has 22 heavy (non-hydrogen) atoms. The van der Waals surface area contributed by atoms with E-state index in [9.17, 15) is 4.79 Å². The third-order valence-corrected chi connectivity index (χ3v) is 5.23. The van der Waals surface area contributed by atoms with E-state index in [4.69, 9.17) is 0 Å². The maximum absolute atomic E-state index is 12.5. The average Bonchev–Trinajstić information content (AvgIpc) is 3.23. The van der Waals surface area contributed by atoms with Crippen molar-refractivity contribution in [3.63, 3.8) is 0 Å². The third kappa shape index (κ3) is 3.54. The van der Waals surface area contributed by atoms with Crippen LogP contribution in [0.3, 0.4) is 0 Å². The van der Waals surface area contributed by atoms with Gasteiger partial charge in [-0.2, -0.15) is 0 Å². The molecule has 1 aliphatic heterocycles. The summed E-state index contributed by atoms with van der Waals surface area (Å²) < 4.78 is 0. The average molecular weight is 315 g/mol. The molecule has 0 aliphatic carbocycles. The van der Waals surface area contributed by atoms with E-state index in [1.54, 1.807) is 22.4 Å². The molecule has 1 unspecified atom stereocenters. The van der Waals surface area contributed by atoms with Crippen LogP contribution in [-0.2, 0) is 6.42 Å². The molecule has 1 N–H and O–H groups in total. The number of hydrogen-bond acceptors (Lipinski definition) is 4. The Morgan fingerprint density at radius 3 is 3.09 bits per heavy atom. The van der Waals surface area contributed by atoms with Crippen molar-refractivity contribution in [2.24, 2.45) is 0 Å². The standard InChI is InChI=1S/C17H21N3OS/c1-20(11-8-13-4-2-9-18-12-13)17(21)16-7-6-15(22-16)14-5-3-10-19-14/h2,4,6-7,9,12,14,19H,3,5,8,10-11H2,1H3. The normalized spacial score (nSPS) is 17.6. The van der Waals surface area contributed by atoms with E-state index < -0.39 is 0 Å². The Hall–Kier alpha value is -1.72. The minimum atomic E-state index is 0.109. The van der Waals surface area contributed by atoms with Gasteiger partial charge in [0.2, 0.25) is 0 Å². The number of hydrogen-bond donors (Lipinski definition) is 1. The molecule has 1 saturated heterocycles. The van der Waals surface area contributed by atoms with Gasteiger partial charge in [0, 0.05) is 36.9 Å². The van der Waals surface area contributed by atoms with Crippen LogP contribution >= 0.6 is 11.3 Å². The molecule has 0 spiro atoms. The summed E-state index contributed by atoms with van der Waals surface area (Å²) in [5.41, 5.74) is 1.16. The van der Waals surface area contributed by atoms with Gasteiger partial charge in [-0.3, -0.25) is 9.78 Å². The van der Waals surface area contributed by atoms with Gasteiger partial charge < -0.3 is 10.2 Å². The van der Waals surface area contributed by atoms with Gasteiger partial charge >= 0.3 is 0 Å². The van der Waals surface area contributed by atoms with Crippen molar-refractivity contribution in [3.05, 3.63) is 52.0 Å². The highest BCUT2D eigenvalue weighted by atomic mass is 32.1. The second-order valence-electron chi connectivity index (χ2n) is 5.69. The summed E-state index contributed by atoms with van der Waals surface area (Å²) in [5.74, 6) is 0.109. The topological polar surface area (TPSA) is 45.2 Å². The van der Waals surface area contributed by atoms with Crippen LogP contribution in [0, 0.1) is 0 Å². The molecule has 0 aromatic carbocycles. The summed E-state index contributed by atoms with van der Waals surface area (Å²) in [4.78, 5) is 20.5. The maximum atomic E-state index is 12.5. The molecule has 3 heterocycles. The van der Waals surface area contributed by atoms with E-state index in [0.717, 1.165) is 23.4 Å². The number of nitrogens with one attached hydrogen (secondary N) is 1. The predicted molar refractivity (Wildman–Crippen MR) is 89.2 cm³/mol. The molecular formula is C17H21N3OS. The Balaban J connectivity index is 1.58. The van der Waals surface area contributed by atoms with E-state index in [2.05, 4.69) is 16.4 Å². The highest BCUT2D eigenvalue weighted by molar-refractivity contribution is 7.14. The highest BCUT2D eigenvalue weighted by Gasteiger charge is 2.20. The minimum absolute atomic E-state index is 0.109. The number of nitrogens with zero attached hydrogens (tertiary/aromatic N) is 2. The SMILES string of the molecule is CN(CCc1cccnc1)C(=O)c1ccc(C2CCCN2)s1. The number of carbonyl (C=O) groups excluding carboxylic acids is 1. The number of thiophene rings is 1. The molecular weight excluding hydrogens is 294 g/mol. The fourth-order valence-electron chi connectivity index (χ4n) is 2.71. The van der Waals surface area contributed by atoms with Crippen LogP contribution < -0.4 is 5.32 Å². The lowest BCUT2D eigenvalue weighted by molar-refractivity contribution is 0.0801. The van der Waals surface area contributed by atoms with Crippen LogP contribution in [0.5, 0.6) is 0 Å². The molecule has 5 heteroatoms. The van der Waals surface area contributed by atoms with Gasteiger partial charge in [0.05, 0.1) is 4.88 Å². The summed E-state index contributed by atoms with van der Waals surface area (Å²) in [6.45, 7) is 1.79. The molecule has 1 fully saturated rings. The van der Waals surface area contributed by atoms with E-state index in [-0.39, 0.29) is 5.91 Å². The lowest BCUT2D eigenvalue weighted by Crippen LogP contribution is -2.28. The summed E-state index contributed by atoms with van der Waals surface area (Å²) in [5, 5.41) is 3.48. The van der Waals surface area contributed by atoms with Crippen molar-refractivity contribution in [2.75, 3.05) is 20.1 Å². The van der Waals surface area contributed by atoms with Crippen LogP contribution in [0.25, 0.3) is 0 Å². The largest absolute Gasteiger partial charge is 0.341 e. The molecule has 0 bridgehead atoms. The van der Waals surface area contributed by atoms with Crippen molar-refractivity contribution >= 4 is 17.2 Å². The molecule has 1 amide bonds. The number of carbonyl (C=O) groups is 1. The Kier molecular flexibility index (Phi) is 4.85. The van der Waals surface area contributed by atoms with E-state index in [1.165, 1.54) is 17.7 Å².